The van der Waals surface area contributed by atoms with Gasteiger partial charge in [-0.25, -0.2) is 13.1 Å². The fraction of sp³-hybridized carbons (Fsp3) is 0.419. The fourth-order valence-electron chi connectivity index (χ4n) is 7.15. The molecule has 0 unspecified atom stereocenters. The van der Waals surface area contributed by atoms with Crippen LogP contribution in [-0.4, -0.2) is 82.7 Å². The number of allylic oxidation sites excluding steroid dienone is 5. The molecule has 6 rings (SSSR count). The Morgan fingerprint density at radius 1 is 0.925 bits per heavy atom. The van der Waals surface area contributed by atoms with Crippen molar-refractivity contribution in [2.75, 3.05) is 62.8 Å². The molecule has 53 heavy (non-hydrogen) atoms. The summed E-state index contributed by atoms with van der Waals surface area (Å²) in [6, 6.07) is 21.5. The zero-order valence-corrected chi connectivity index (χ0v) is 33.2. The number of rotatable bonds is 15. The van der Waals surface area contributed by atoms with E-state index >= 15 is 0 Å². The molecule has 1 aliphatic heterocycles. The van der Waals surface area contributed by atoms with Crippen LogP contribution in [0.2, 0.25) is 0 Å². The molecule has 2 aliphatic carbocycles. The zero-order valence-electron chi connectivity index (χ0n) is 31.5. The van der Waals surface area contributed by atoms with Gasteiger partial charge in [0.1, 0.15) is 0 Å². The number of carbonyl (C=O) groups excluding carboxylic acids is 1. The van der Waals surface area contributed by atoms with Gasteiger partial charge in [0, 0.05) is 66.4 Å². The molecule has 2 N–H and O–H groups in total. The van der Waals surface area contributed by atoms with E-state index < -0.39 is 15.9 Å². The van der Waals surface area contributed by atoms with Crippen LogP contribution in [0.4, 0.5) is 11.4 Å². The van der Waals surface area contributed by atoms with E-state index in [2.05, 4.69) is 87.4 Å². The van der Waals surface area contributed by atoms with Gasteiger partial charge in [0.25, 0.3) is 15.9 Å². The van der Waals surface area contributed by atoms with Crippen LogP contribution < -0.4 is 14.9 Å². The Morgan fingerprint density at radius 3 is 2.43 bits per heavy atom. The Kier molecular flexibility index (Phi) is 13.6. The van der Waals surface area contributed by atoms with E-state index in [-0.39, 0.29) is 10.9 Å². The van der Waals surface area contributed by atoms with Gasteiger partial charge < -0.3 is 15.1 Å². The maximum absolute atomic E-state index is 13.3. The summed E-state index contributed by atoms with van der Waals surface area (Å²) in [6.45, 7) is 7.46. The number of piperazine rings is 1. The van der Waals surface area contributed by atoms with Gasteiger partial charge in [-0.15, -0.1) is 11.8 Å². The second kappa shape index (κ2) is 18.5. The van der Waals surface area contributed by atoms with E-state index in [1.807, 2.05) is 36.9 Å². The number of hydrogen-bond acceptors (Lipinski definition) is 8. The molecule has 0 bridgehead atoms. The molecule has 3 aromatic carbocycles. The summed E-state index contributed by atoms with van der Waals surface area (Å²) < 4.78 is 29.0. The number of amides is 1. The van der Waals surface area contributed by atoms with E-state index in [9.17, 15) is 13.2 Å². The number of thioether (sulfide) groups is 1. The summed E-state index contributed by atoms with van der Waals surface area (Å²) in [6.07, 6.45) is 17.2. The third kappa shape index (κ3) is 11.1. The molecule has 3 aliphatic rings. The van der Waals surface area contributed by atoms with Crippen molar-refractivity contribution in [3.8, 4) is 0 Å². The lowest BCUT2D eigenvalue weighted by molar-refractivity contribution is 0.0981. The summed E-state index contributed by atoms with van der Waals surface area (Å²) in [5, 5.41) is 3.66. The molecule has 0 saturated carbocycles. The minimum absolute atomic E-state index is 0.0675. The summed E-state index contributed by atoms with van der Waals surface area (Å²) >= 11 is 1.85. The van der Waals surface area contributed by atoms with E-state index in [0.717, 1.165) is 81.2 Å². The first-order chi connectivity index (χ1) is 25.6. The number of nitrogens with one attached hydrogen (secondary N) is 2. The summed E-state index contributed by atoms with van der Waals surface area (Å²) in [4.78, 5) is 21.5. The average molecular weight is 754 g/mol. The van der Waals surface area contributed by atoms with Crippen LogP contribution in [0, 0.1) is 6.92 Å². The van der Waals surface area contributed by atoms with Crippen LogP contribution in [0.1, 0.15) is 72.0 Å². The standard InChI is InChI=1S/C43H55N5O3S2/c1-33-29-41(21-22-42(33)44-38(23-24-46(2)3)32-52-40-15-8-5-9-16-40)53(50,51)45-43(49)36-17-19-39(20-18-36)48-27-25-47(26-28-48)31-34-11-10-14-37(30-34)35-12-6-4-7-13-35/h8,10-12,14-22,29-30,38,44H,4-7,9,13,23-28,31-32H2,1-3H3,(H,45,49)/t38-/m1/s1. The molecular formula is C43H55N5O3S2. The maximum atomic E-state index is 13.3. The van der Waals surface area contributed by atoms with Crippen LogP contribution >= 0.6 is 11.8 Å². The van der Waals surface area contributed by atoms with Gasteiger partial charge in [0.15, 0.2) is 0 Å². The smallest absolute Gasteiger partial charge is 0.264 e. The van der Waals surface area contributed by atoms with Crippen molar-refractivity contribution >= 4 is 44.6 Å². The van der Waals surface area contributed by atoms with Crippen molar-refractivity contribution < 1.29 is 13.2 Å². The second-order valence-corrected chi connectivity index (χ2v) is 17.5. The topological polar surface area (TPSA) is 85.0 Å². The third-order valence-electron chi connectivity index (χ3n) is 10.3. The van der Waals surface area contributed by atoms with Gasteiger partial charge in [-0.05, 0) is 137 Å². The molecule has 1 atom stereocenters. The molecule has 1 amide bonds. The van der Waals surface area contributed by atoms with E-state index in [1.165, 1.54) is 47.3 Å². The van der Waals surface area contributed by atoms with Gasteiger partial charge in [0.2, 0.25) is 0 Å². The molecule has 1 fully saturated rings. The minimum Gasteiger partial charge on any atom is -0.381 e. The lowest BCUT2D eigenvalue weighted by Crippen LogP contribution is -2.46. The highest BCUT2D eigenvalue weighted by atomic mass is 32.2. The Bertz CT molecular complexity index is 1910. The molecule has 0 radical (unpaired) electrons. The van der Waals surface area contributed by atoms with Crippen LogP contribution in [0.3, 0.4) is 0 Å². The highest BCUT2D eigenvalue weighted by Gasteiger charge is 2.22. The maximum Gasteiger partial charge on any atom is 0.264 e. The predicted molar refractivity (Wildman–Crippen MR) is 222 cm³/mol. The largest absolute Gasteiger partial charge is 0.381 e. The molecule has 282 valence electrons. The number of carbonyl (C=O) groups is 1. The highest BCUT2D eigenvalue weighted by molar-refractivity contribution is 8.03. The second-order valence-electron chi connectivity index (χ2n) is 14.7. The molecular weight excluding hydrogens is 699 g/mol. The highest BCUT2D eigenvalue weighted by Crippen LogP contribution is 2.29. The van der Waals surface area contributed by atoms with E-state index in [4.69, 9.17) is 0 Å². The summed E-state index contributed by atoms with van der Waals surface area (Å²) in [5.41, 5.74) is 7.26. The third-order valence-corrected chi connectivity index (χ3v) is 12.8. The predicted octanol–water partition coefficient (Wildman–Crippen LogP) is 8.09. The molecule has 3 aromatic rings. The SMILES string of the molecule is Cc1cc(S(=O)(=O)NC(=O)c2ccc(N3CCN(Cc4cccc(C5=CCCCC5)c4)CC3)cc2)ccc1N[C@H](CCN(C)C)CSC1=CCCC=C1. The summed E-state index contributed by atoms with van der Waals surface area (Å²) in [5.74, 6) is 0.266. The number of nitrogens with zero attached hydrogens (tertiary/aromatic N) is 3. The number of hydrogen-bond donors (Lipinski definition) is 2. The van der Waals surface area contributed by atoms with E-state index in [1.54, 1.807) is 24.3 Å². The first-order valence-corrected chi connectivity index (χ1v) is 21.5. The molecule has 0 aromatic heterocycles. The van der Waals surface area contributed by atoms with Crippen LogP contribution in [0.5, 0.6) is 0 Å². The van der Waals surface area contributed by atoms with Crippen molar-refractivity contribution in [1.82, 2.24) is 14.5 Å². The van der Waals surface area contributed by atoms with Crippen molar-refractivity contribution in [1.29, 1.82) is 0 Å². The van der Waals surface area contributed by atoms with Gasteiger partial charge in [0.05, 0.1) is 4.90 Å². The Hall–Kier alpha value is -3.83. The average Bonchev–Trinajstić information content (AvgIpc) is 3.17. The quantitative estimate of drug-likeness (QED) is 0.161. The fourth-order valence-corrected chi connectivity index (χ4v) is 9.28. The van der Waals surface area contributed by atoms with Gasteiger partial charge in [-0.2, -0.15) is 0 Å². The van der Waals surface area contributed by atoms with Crippen molar-refractivity contribution in [2.24, 2.45) is 0 Å². The van der Waals surface area contributed by atoms with Crippen LogP contribution in [0.15, 0.2) is 101 Å². The zero-order chi connectivity index (χ0) is 37.2. The van der Waals surface area contributed by atoms with Gasteiger partial charge in [-0.1, -0.05) is 48.6 Å². The van der Waals surface area contributed by atoms with Crippen molar-refractivity contribution in [3.05, 3.63) is 118 Å². The number of anilines is 2. The van der Waals surface area contributed by atoms with Crippen molar-refractivity contribution in [3.63, 3.8) is 0 Å². The molecule has 8 nitrogen and oxygen atoms in total. The Morgan fingerprint density at radius 2 is 1.74 bits per heavy atom. The normalized spacial score (nSPS) is 17.3. The van der Waals surface area contributed by atoms with Gasteiger partial charge >= 0.3 is 0 Å². The minimum atomic E-state index is -4.07. The molecule has 1 heterocycles. The Balaban J connectivity index is 1.01. The molecule has 10 heteroatoms. The van der Waals surface area contributed by atoms with Gasteiger partial charge in [-0.3, -0.25) is 9.69 Å². The van der Waals surface area contributed by atoms with Crippen LogP contribution in [-0.2, 0) is 16.6 Å². The lowest BCUT2D eigenvalue weighted by atomic mass is 9.93. The first-order valence-electron chi connectivity index (χ1n) is 19.1. The molecule has 0 spiro atoms. The Labute approximate surface area is 321 Å². The van der Waals surface area contributed by atoms with Crippen LogP contribution in [0.25, 0.3) is 5.57 Å². The number of aryl methyl sites for hydroxylation is 1. The monoisotopic (exact) mass is 753 g/mol. The van der Waals surface area contributed by atoms with Crippen molar-refractivity contribution in [2.45, 2.75) is 69.4 Å². The summed E-state index contributed by atoms with van der Waals surface area (Å²) in [7, 11) is 0.0791. The van der Waals surface area contributed by atoms with E-state index in [0.29, 0.717) is 5.56 Å². The first kappa shape index (κ1) is 38.9. The number of benzene rings is 3. The number of sulfonamides is 1. The lowest BCUT2D eigenvalue weighted by Gasteiger charge is -2.36. The molecule has 1 saturated heterocycles.